The molecule has 0 aliphatic carbocycles. The van der Waals surface area contributed by atoms with E-state index in [4.69, 9.17) is 0 Å². The molecule has 2 aromatic rings. The molecule has 0 saturated carbocycles. The second-order valence-corrected chi connectivity index (χ2v) is 4.32. The number of nitrogens with zero attached hydrogens (tertiary/aromatic N) is 1. The fourth-order valence-corrected chi connectivity index (χ4v) is 2.11. The molecule has 0 unspecified atom stereocenters. The van der Waals surface area contributed by atoms with E-state index in [-0.39, 0.29) is 29.4 Å². The van der Waals surface area contributed by atoms with Crippen LogP contribution in [0.3, 0.4) is 0 Å². The number of carbonyl (C=O) groups is 1. The third-order valence-electron chi connectivity index (χ3n) is 3.02. The van der Waals surface area contributed by atoms with Gasteiger partial charge in [-0.05, 0) is 6.07 Å². The molecule has 0 bridgehead atoms. The first kappa shape index (κ1) is 12.3. The van der Waals surface area contributed by atoms with Crippen molar-refractivity contribution in [2.24, 2.45) is 0 Å². The quantitative estimate of drug-likeness (QED) is 0.646. The minimum Gasteiger partial charge on any atom is -0.494 e. The van der Waals surface area contributed by atoms with Crippen LogP contribution in [0.5, 0.6) is 11.8 Å². The van der Waals surface area contributed by atoms with Gasteiger partial charge in [-0.2, -0.15) is 0 Å². The number of H-pyrrole nitrogens is 1. The van der Waals surface area contributed by atoms with Crippen molar-refractivity contribution in [3.8, 4) is 11.8 Å². The summed E-state index contributed by atoms with van der Waals surface area (Å²) in [6.07, 6.45) is 0. The first-order chi connectivity index (χ1) is 9.45. The molecule has 1 aliphatic rings. The molecule has 8 heteroatoms. The number of aromatic nitrogens is 1. The highest BCUT2D eigenvalue weighted by molar-refractivity contribution is 6.05. The van der Waals surface area contributed by atoms with E-state index in [1.54, 1.807) is 0 Å². The molecule has 3 rings (SSSR count). The van der Waals surface area contributed by atoms with E-state index in [1.165, 1.54) is 0 Å². The van der Waals surface area contributed by atoms with Crippen molar-refractivity contribution in [1.29, 1.82) is 0 Å². The Morgan fingerprint density at radius 3 is 2.60 bits per heavy atom. The average molecular weight is 281 g/mol. The summed E-state index contributed by atoms with van der Waals surface area (Å²) in [6, 6.07) is 2.18. The summed E-state index contributed by atoms with van der Waals surface area (Å²) in [5.41, 5.74) is 0.128. The van der Waals surface area contributed by atoms with Gasteiger partial charge in [0.15, 0.2) is 5.88 Å². The number of urea groups is 1. The predicted molar refractivity (Wildman–Crippen MR) is 65.7 cm³/mol. The normalized spacial score (nSPS) is 14.1. The molecule has 2 amide bonds. The topological polar surface area (TPSA) is 88.6 Å². The molecule has 104 valence electrons. The van der Waals surface area contributed by atoms with E-state index in [2.05, 4.69) is 10.3 Å². The van der Waals surface area contributed by atoms with Gasteiger partial charge in [-0.25, -0.2) is 13.6 Å². The molecule has 4 N–H and O–H groups in total. The molecule has 1 aromatic carbocycles. The zero-order valence-corrected chi connectivity index (χ0v) is 9.94. The Morgan fingerprint density at radius 2 is 1.95 bits per heavy atom. The maximum atomic E-state index is 13.7. The van der Waals surface area contributed by atoms with Crippen molar-refractivity contribution in [3.05, 3.63) is 35.4 Å². The van der Waals surface area contributed by atoms with Crippen molar-refractivity contribution < 1.29 is 23.8 Å². The molecule has 1 aliphatic heterocycles. The lowest BCUT2D eigenvalue weighted by Crippen LogP contribution is -2.39. The van der Waals surface area contributed by atoms with Gasteiger partial charge in [0.05, 0.1) is 12.2 Å². The van der Waals surface area contributed by atoms with E-state index >= 15 is 0 Å². The summed E-state index contributed by atoms with van der Waals surface area (Å²) in [6.45, 7) is -0.196. The van der Waals surface area contributed by atoms with Gasteiger partial charge in [0.1, 0.15) is 17.3 Å². The molecule has 0 fully saturated rings. The lowest BCUT2D eigenvalue weighted by molar-refractivity contribution is 0.255. The number of fused-ring (bicyclic) bond motifs is 1. The minimum absolute atomic E-state index is 0.00521. The van der Waals surface area contributed by atoms with Crippen LogP contribution in [0.15, 0.2) is 18.2 Å². The fraction of sp³-hybridized carbons (Fsp3) is 0.0833. The van der Waals surface area contributed by atoms with Gasteiger partial charge in [-0.3, -0.25) is 9.88 Å². The molecule has 1 aromatic heterocycles. The first-order valence-electron chi connectivity index (χ1n) is 5.63. The summed E-state index contributed by atoms with van der Waals surface area (Å²) in [4.78, 5) is 15.1. The van der Waals surface area contributed by atoms with Gasteiger partial charge in [0, 0.05) is 17.7 Å². The van der Waals surface area contributed by atoms with E-state index in [0.29, 0.717) is 6.07 Å². The maximum Gasteiger partial charge on any atom is 0.326 e. The first-order valence-corrected chi connectivity index (χ1v) is 5.63. The van der Waals surface area contributed by atoms with Crippen molar-refractivity contribution in [3.63, 3.8) is 0 Å². The molecule has 20 heavy (non-hydrogen) atoms. The SMILES string of the molecule is O=C1Nc2cc(F)cc(F)c2CN1c1cc(O)[nH]c1O. The van der Waals surface area contributed by atoms with Crippen molar-refractivity contribution in [2.45, 2.75) is 6.54 Å². The second kappa shape index (κ2) is 4.12. The van der Waals surface area contributed by atoms with E-state index in [0.717, 1.165) is 17.0 Å². The molecular formula is C12H9F2N3O3. The van der Waals surface area contributed by atoms with Gasteiger partial charge in [0.25, 0.3) is 0 Å². The third kappa shape index (κ3) is 1.81. The standard InChI is InChI=1S/C12H9F2N3O3/c13-5-1-7(14)6-4-17(12(20)15-8(6)2-5)9-3-10(18)16-11(9)19/h1-3,16,18-19H,4H2,(H,15,20). The molecule has 0 spiro atoms. The smallest absolute Gasteiger partial charge is 0.326 e. The Morgan fingerprint density at radius 1 is 1.20 bits per heavy atom. The molecular weight excluding hydrogens is 272 g/mol. The number of aromatic amines is 1. The number of nitrogens with one attached hydrogen (secondary N) is 2. The number of amides is 2. The Labute approximate surface area is 111 Å². The van der Waals surface area contributed by atoms with Crippen molar-refractivity contribution in [1.82, 2.24) is 4.98 Å². The number of halogens is 2. The number of hydrogen-bond donors (Lipinski definition) is 4. The van der Waals surface area contributed by atoms with Crippen LogP contribution in [0, 0.1) is 11.6 Å². The highest BCUT2D eigenvalue weighted by atomic mass is 19.1. The predicted octanol–water partition coefficient (Wildman–Crippen LogP) is 2.26. The number of aromatic hydroxyl groups is 2. The van der Waals surface area contributed by atoms with Crippen LogP contribution in [0.25, 0.3) is 0 Å². The van der Waals surface area contributed by atoms with Gasteiger partial charge >= 0.3 is 6.03 Å². The van der Waals surface area contributed by atoms with Crippen LogP contribution in [-0.2, 0) is 6.54 Å². The van der Waals surface area contributed by atoms with E-state index in [1.807, 2.05) is 0 Å². The van der Waals surface area contributed by atoms with Crippen LogP contribution in [0.2, 0.25) is 0 Å². The third-order valence-corrected chi connectivity index (χ3v) is 3.02. The van der Waals surface area contributed by atoms with E-state index < -0.39 is 23.5 Å². The minimum atomic E-state index is -0.802. The number of hydrogen-bond acceptors (Lipinski definition) is 3. The van der Waals surface area contributed by atoms with Gasteiger partial charge in [0.2, 0.25) is 5.88 Å². The zero-order chi connectivity index (χ0) is 14.4. The van der Waals surface area contributed by atoms with Gasteiger partial charge in [-0.15, -0.1) is 0 Å². The van der Waals surface area contributed by atoms with E-state index in [9.17, 15) is 23.8 Å². The number of rotatable bonds is 1. The zero-order valence-electron chi connectivity index (χ0n) is 9.94. The summed E-state index contributed by atoms with van der Waals surface area (Å²) >= 11 is 0. The van der Waals surface area contributed by atoms with Crippen molar-refractivity contribution >= 4 is 17.4 Å². The van der Waals surface area contributed by atoms with Gasteiger partial charge < -0.3 is 15.5 Å². The molecule has 2 heterocycles. The van der Waals surface area contributed by atoms with Crippen LogP contribution >= 0.6 is 0 Å². The number of anilines is 2. The Balaban J connectivity index is 2.05. The highest BCUT2D eigenvalue weighted by Gasteiger charge is 2.29. The monoisotopic (exact) mass is 281 g/mol. The fourth-order valence-electron chi connectivity index (χ4n) is 2.11. The number of carbonyl (C=O) groups excluding carboxylic acids is 1. The van der Waals surface area contributed by atoms with Crippen LogP contribution in [0.4, 0.5) is 25.0 Å². The highest BCUT2D eigenvalue weighted by Crippen LogP contribution is 2.36. The Bertz CT molecular complexity index is 714. The molecule has 0 atom stereocenters. The lowest BCUT2D eigenvalue weighted by atomic mass is 10.1. The van der Waals surface area contributed by atoms with Gasteiger partial charge in [-0.1, -0.05) is 0 Å². The molecule has 6 nitrogen and oxygen atoms in total. The average Bonchev–Trinajstić information content (AvgIpc) is 2.67. The Hall–Kier alpha value is -2.77. The maximum absolute atomic E-state index is 13.7. The summed E-state index contributed by atoms with van der Waals surface area (Å²) < 4.78 is 26.8. The largest absolute Gasteiger partial charge is 0.494 e. The molecule has 0 saturated heterocycles. The lowest BCUT2D eigenvalue weighted by Gasteiger charge is -2.28. The summed E-state index contributed by atoms with van der Waals surface area (Å²) in [5, 5.41) is 21.1. The number of benzene rings is 1. The van der Waals surface area contributed by atoms with Crippen LogP contribution in [-0.4, -0.2) is 21.2 Å². The second-order valence-electron chi connectivity index (χ2n) is 4.32. The Kier molecular flexibility index (Phi) is 2.53. The summed E-state index contributed by atoms with van der Waals surface area (Å²) in [7, 11) is 0. The molecule has 0 radical (unpaired) electrons. The summed E-state index contributed by atoms with van der Waals surface area (Å²) in [5.74, 6) is -2.36. The van der Waals surface area contributed by atoms with Crippen LogP contribution < -0.4 is 10.2 Å². The van der Waals surface area contributed by atoms with Crippen LogP contribution in [0.1, 0.15) is 5.56 Å². The van der Waals surface area contributed by atoms with Crippen molar-refractivity contribution in [2.75, 3.05) is 10.2 Å².